The molecule has 2 heterocycles. The lowest BCUT2D eigenvalue weighted by atomic mass is 10.3. The highest BCUT2D eigenvalue weighted by Gasteiger charge is 2.11. The molecule has 15 heavy (non-hydrogen) atoms. The van der Waals surface area contributed by atoms with E-state index in [2.05, 4.69) is 26.8 Å². The number of rotatable bonds is 2. The van der Waals surface area contributed by atoms with Crippen LogP contribution in [0.2, 0.25) is 0 Å². The molecule has 0 spiro atoms. The maximum Gasteiger partial charge on any atom is 0.162 e. The van der Waals surface area contributed by atoms with Gasteiger partial charge in [0, 0.05) is 26.2 Å². The summed E-state index contributed by atoms with van der Waals surface area (Å²) < 4.78 is 2.06. The first-order valence-electron chi connectivity index (χ1n) is 5.18. The van der Waals surface area contributed by atoms with E-state index in [4.69, 9.17) is 0 Å². The van der Waals surface area contributed by atoms with Crippen LogP contribution < -0.4 is 5.32 Å². The molecular formula is C11H16N4. The molecule has 0 saturated carbocycles. The summed E-state index contributed by atoms with van der Waals surface area (Å²) in [5.41, 5.74) is 3.98. The lowest BCUT2D eigenvalue weighted by molar-refractivity contribution is 0.820. The smallest absolute Gasteiger partial charge is 0.162 e. The Hall–Kier alpha value is -1.58. The van der Waals surface area contributed by atoms with Gasteiger partial charge in [-0.3, -0.25) is 0 Å². The highest BCUT2D eigenvalue weighted by molar-refractivity contribution is 5.86. The second-order valence-corrected chi connectivity index (χ2v) is 3.67. The highest BCUT2D eigenvalue weighted by Crippen LogP contribution is 2.22. The van der Waals surface area contributed by atoms with Gasteiger partial charge in [0.25, 0.3) is 0 Å². The normalized spacial score (nSPS) is 10.9. The fraction of sp³-hybridized carbons (Fsp3) is 0.455. The van der Waals surface area contributed by atoms with Crippen LogP contribution in [0.3, 0.4) is 0 Å². The van der Waals surface area contributed by atoms with Gasteiger partial charge in [0.2, 0.25) is 0 Å². The van der Waals surface area contributed by atoms with Crippen LogP contribution in [0, 0.1) is 6.92 Å². The van der Waals surface area contributed by atoms with Crippen LogP contribution >= 0.6 is 0 Å². The fourth-order valence-electron chi connectivity index (χ4n) is 1.83. The predicted octanol–water partition coefficient (Wildman–Crippen LogP) is 1.88. The van der Waals surface area contributed by atoms with Gasteiger partial charge in [0.15, 0.2) is 5.65 Å². The predicted molar refractivity (Wildman–Crippen MR) is 62.2 cm³/mol. The lowest BCUT2D eigenvalue weighted by Crippen LogP contribution is -1.97. The first-order chi connectivity index (χ1) is 7.17. The largest absolute Gasteiger partial charge is 0.386 e. The molecule has 0 fully saturated rings. The average Bonchev–Trinajstić information content (AvgIpc) is 2.55. The third-order valence-corrected chi connectivity index (χ3v) is 2.63. The van der Waals surface area contributed by atoms with Gasteiger partial charge in [-0.05, 0) is 13.0 Å². The van der Waals surface area contributed by atoms with Gasteiger partial charge in [-0.15, -0.1) is 0 Å². The Bertz CT molecular complexity index is 499. The fourth-order valence-corrected chi connectivity index (χ4v) is 1.83. The molecule has 0 amide bonds. The van der Waals surface area contributed by atoms with Gasteiger partial charge in [-0.1, -0.05) is 6.92 Å². The van der Waals surface area contributed by atoms with E-state index < -0.39 is 0 Å². The van der Waals surface area contributed by atoms with E-state index in [1.54, 1.807) is 0 Å². The van der Waals surface area contributed by atoms with E-state index >= 15 is 0 Å². The zero-order valence-corrected chi connectivity index (χ0v) is 9.63. The van der Waals surface area contributed by atoms with Crippen molar-refractivity contribution in [2.24, 2.45) is 7.05 Å². The molecule has 0 saturated heterocycles. The third kappa shape index (κ3) is 1.46. The van der Waals surface area contributed by atoms with Crippen LogP contribution in [-0.4, -0.2) is 21.6 Å². The summed E-state index contributed by atoms with van der Waals surface area (Å²) in [6.07, 6.45) is 0.926. The summed E-state index contributed by atoms with van der Waals surface area (Å²) in [5.74, 6) is 1.07. The number of nitrogens with one attached hydrogen (secondary N) is 1. The van der Waals surface area contributed by atoms with Gasteiger partial charge < -0.3 is 9.88 Å². The van der Waals surface area contributed by atoms with Crippen molar-refractivity contribution >= 4 is 16.9 Å². The number of hydrogen-bond donors (Lipinski definition) is 1. The Labute approximate surface area is 89.3 Å². The van der Waals surface area contributed by atoms with Crippen molar-refractivity contribution in [3.63, 3.8) is 0 Å². The van der Waals surface area contributed by atoms with Crippen molar-refractivity contribution in [3.05, 3.63) is 17.6 Å². The van der Waals surface area contributed by atoms with E-state index in [1.807, 2.05) is 27.1 Å². The van der Waals surface area contributed by atoms with Gasteiger partial charge in [-0.2, -0.15) is 0 Å². The lowest BCUT2D eigenvalue weighted by Gasteiger charge is -2.03. The molecule has 0 aliphatic heterocycles. The summed E-state index contributed by atoms with van der Waals surface area (Å²) in [4.78, 5) is 9.09. The molecule has 0 aliphatic rings. The molecule has 4 nitrogen and oxygen atoms in total. The van der Waals surface area contributed by atoms with Crippen LogP contribution in [0.15, 0.2) is 6.07 Å². The summed E-state index contributed by atoms with van der Waals surface area (Å²) in [6.45, 7) is 4.10. The first kappa shape index (κ1) is 9.96. The van der Waals surface area contributed by atoms with Gasteiger partial charge in [0.1, 0.15) is 11.3 Å². The Kier molecular flexibility index (Phi) is 2.34. The molecule has 0 unspecified atom stereocenters. The number of aromatic nitrogens is 3. The third-order valence-electron chi connectivity index (χ3n) is 2.63. The molecule has 0 atom stereocenters. The summed E-state index contributed by atoms with van der Waals surface area (Å²) in [6, 6.07) is 2.02. The highest BCUT2D eigenvalue weighted by atomic mass is 15.1. The number of imidazole rings is 1. The molecular weight excluding hydrogens is 188 g/mol. The zero-order valence-electron chi connectivity index (χ0n) is 9.63. The molecule has 0 radical (unpaired) electrons. The van der Waals surface area contributed by atoms with Crippen molar-refractivity contribution in [1.82, 2.24) is 14.5 Å². The minimum absolute atomic E-state index is 0.926. The van der Waals surface area contributed by atoms with Crippen LogP contribution in [0.25, 0.3) is 11.2 Å². The number of nitrogens with zero attached hydrogens (tertiary/aromatic N) is 3. The molecule has 2 aromatic rings. The molecule has 0 aliphatic carbocycles. The minimum Gasteiger partial charge on any atom is -0.386 e. The summed E-state index contributed by atoms with van der Waals surface area (Å²) in [5, 5.41) is 3.16. The number of fused-ring (bicyclic) bond motifs is 1. The average molecular weight is 204 g/mol. The molecule has 2 rings (SSSR count). The van der Waals surface area contributed by atoms with Crippen LogP contribution in [-0.2, 0) is 13.5 Å². The van der Waals surface area contributed by atoms with Crippen LogP contribution in [0.1, 0.15) is 18.4 Å². The standard InChI is InChI=1S/C11H16N4/c1-5-9-14-10-8(12-3)6-7(2)13-11(10)15(9)4/h6H,5H2,1-4H3,(H,12,13). The van der Waals surface area contributed by atoms with Crippen LogP contribution in [0.5, 0.6) is 0 Å². The number of aryl methyl sites for hydroxylation is 3. The minimum atomic E-state index is 0.926. The molecule has 4 heteroatoms. The summed E-state index contributed by atoms with van der Waals surface area (Å²) >= 11 is 0. The SMILES string of the molecule is CCc1nc2c(NC)cc(C)nc2n1C. The molecule has 0 bridgehead atoms. The Balaban J connectivity index is 2.81. The van der Waals surface area contributed by atoms with Crippen molar-refractivity contribution in [2.45, 2.75) is 20.3 Å². The van der Waals surface area contributed by atoms with E-state index in [0.717, 1.165) is 34.8 Å². The molecule has 80 valence electrons. The Morgan fingerprint density at radius 2 is 2.13 bits per heavy atom. The van der Waals surface area contributed by atoms with E-state index in [9.17, 15) is 0 Å². The topological polar surface area (TPSA) is 42.7 Å². The second kappa shape index (κ2) is 3.53. The van der Waals surface area contributed by atoms with Crippen molar-refractivity contribution < 1.29 is 0 Å². The Morgan fingerprint density at radius 3 is 2.73 bits per heavy atom. The monoisotopic (exact) mass is 204 g/mol. The Morgan fingerprint density at radius 1 is 1.40 bits per heavy atom. The van der Waals surface area contributed by atoms with Gasteiger partial charge in [-0.25, -0.2) is 9.97 Å². The molecule has 1 N–H and O–H groups in total. The van der Waals surface area contributed by atoms with Crippen molar-refractivity contribution in [3.8, 4) is 0 Å². The number of anilines is 1. The van der Waals surface area contributed by atoms with E-state index in [-0.39, 0.29) is 0 Å². The first-order valence-corrected chi connectivity index (χ1v) is 5.18. The second-order valence-electron chi connectivity index (χ2n) is 3.67. The van der Waals surface area contributed by atoms with E-state index in [0.29, 0.717) is 0 Å². The van der Waals surface area contributed by atoms with Crippen molar-refractivity contribution in [2.75, 3.05) is 12.4 Å². The van der Waals surface area contributed by atoms with Crippen LogP contribution in [0.4, 0.5) is 5.69 Å². The maximum atomic E-state index is 4.58. The maximum absolute atomic E-state index is 4.58. The zero-order chi connectivity index (χ0) is 11.0. The van der Waals surface area contributed by atoms with E-state index in [1.165, 1.54) is 0 Å². The summed E-state index contributed by atoms with van der Waals surface area (Å²) in [7, 11) is 3.93. The number of pyridine rings is 1. The number of hydrogen-bond acceptors (Lipinski definition) is 3. The van der Waals surface area contributed by atoms with Crippen molar-refractivity contribution in [1.29, 1.82) is 0 Å². The van der Waals surface area contributed by atoms with Gasteiger partial charge in [0.05, 0.1) is 5.69 Å². The molecule has 0 aromatic carbocycles. The quantitative estimate of drug-likeness (QED) is 0.812. The molecule has 2 aromatic heterocycles. The van der Waals surface area contributed by atoms with Gasteiger partial charge >= 0.3 is 0 Å².